The second-order valence-electron chi connectivity index (χ2n) is 9.21. The van der Waals surface area contributed by atoms with Crippen molar-refractivity contribution in [2.24, 2.45) is 0 Å². The topological polar surface area (TPSA) is 93.7 Å². The van der Waals surface area contributed by atoms with Gasteiger partial charge >= 0.3 is 0 Å². The van der Waals surface area contributed by atoms with E-state index < -0.39 is 5.54 Å². The monoisotopic (exact) mass is 506 g/mol. The molecule has 1 aliphatic heterocycles. The number of rotatable bonds is 8. The number of thioether (sulfide) groups is 1. The first-order valence-corrected chi connectivity index (χ1v) is 12.6. The van der Waals surface area contributed by atoms with Gasteiger partial charge in [-0.3, -0.25) is 9.59 Å². The number of anilines is 1. The lowest BCUT2D eigenvalue weighted by molar-refractivity contribution is -0.142. The fourth-order valence-corrected chi connectivity index (χ4v) is 4.72. The van der Waals surface area contributed by atoms with Crippen molar-refractivity contribution in [1.29, 1.82) is 0 Å². The fourth-order valence-electron chi connectivity index (χ4n) is 3.90. The predicted molar refractivity (Wildman–Crippen MR) is 139 cm³/mol. The summed E-state index contributed by atoms with van der Waals surface area (Å²) in [5.41, 5.74) is 3.13. The van der Waals surface area contributed by atoms with Gasteiger partial charge in [-0.2, -0.15) is 0 Å². The van der Waals surface area contributed by atoms with Crippen LogP contribution < -0.4 is 14.8 Å². The van der Waals surface area contributed by atoms with Crippen molar-refractivity contribution in [3.8, 4) is 11.5 Å². The van der Waals surface area contributed by atoms with Gasteiger partial charge in [0.2, 0.25) is 18.6 Å². The first kappa shape index (κ1) is 25.5. The van der Waals surface area contributed by atoms with E-state index in [0.717, 1.165) is 22.5 Å². The molecule has 0 atom stereocenters. The van der Waals surface area contributed by atoms with Crippen LogP contribution in [0.1, 0.15) is 36.4 Å². The number of aryl methyl sites for hydroxylation is 3. The number of carbonyl (C=O) groups excluding carboxylic acids is 2. The largest absolute Gasteiger partial charge is 0.454 e. The van der Waals surface area contributed by atoms with E-state index in [-0.39, 0.29) is 24.4 Å². The highest BCUT2D eigenvalue weighted by Gasteiger charge is 2.38. The van der Waals surface area contributed by atoms with Crippen LogP contribution in [0.3, 0.4) is 0 Å². The molecule has 4 rings (SSSR count). The van der Waals surface area contributed by atoms with E-state index in [1.165, 1.54) is 11.8 Å². The molecule has 3 aromatic rings. The lowest BCUT2D eigenvalue weighted by Crippen LogP contribution is -2.55. The number of nitrogens with one attached hydrogen (secondary N) is 1. The third-order valence-electron chi connectivity index (χ3n) is 6.04. The molecule has 188 valence electrons. The van der Waals surface area contributed by atoms with E-state index >= 15 is 0 Å². The van der Waals surface area contributed by atoms with Crippen molar-refractivity contribution in [3.05, 3.63) is 71.0 Å². The lowest BCUT2D eigenvalue weighted by Gasteiger charge is -2.37. The van der Waals surface area contributed by atoms with Crippen LogP contribution in [0.2, 0.25) is 0 Å². The van der Waals surface area contributed by atoms with E-state index in [9.17, 15) is 9.59 Å². The number of hydrogen-bond acceptors (Lipinski definition) is 7. The summed E-state index contributed by atoms with van der Waals surface area (Å²) < 4.78 is 10.8. The molecule has 2 aromatic carbocycles. The molecule has 0 bridgehead atoms. The van der Waals surface area contributed by atoms with Gasteiger partial charge in [-0.1, -0.05) is 36.0 Å². The van der Waals surface area contributed by atoms with Gasteiger partial charge in [0.1, 0.15) is 5.54 Å². The molecule has 8 nitrogen and oxygen atoms in total. The first-order valence-electron chi connectivity index (χ1n) is 11.6. The minimum absolute atomic E-state index is 0.107. The average molecular weight is 507 g/mol. The standard InChI is InChI=1S/C27H30N4O4S/c1-17-8-6-7-9-20(17)14-31(24(32)15-36-26-28-18(2)12-19(3)29-26)27(4,5)25(33)30-21-10-11-22-23(13-21)35-16-34-22/h6-13H,14-16H2,1-5H3,(H,30,33). The van der Waals surface area contributed by atoms with Crippen molar-refractivity contribution >= 4 is 29.3 Å². The Labute approximate surface area is 215 Å². The van der Waals surface area contributed by atoms with Crippen molar-refractivity contribution in [3.63, 3.8) is 0 Å². The highest BCUT2D eigenvalue weighted by molar-refractivity contribution is 7.99. The summed E-state index contributed by atoms with van der Waals surface area (Å²) in [6.45, 7) is 9.74. The number of fused-ring (bicyclic) bond motifs is 1. The molecule has 1 N–H and O–H groups in total. The second-order valence-corrected chi connectivity index (χ2v) is 10.2. The molecule has 1 aliphatic rings. The summed E-state index contributed by atoms with van der Waals surface area (Å²) in [7, 11) is 0. The van der Waals surface area contributed by atoms with Gasteiger partial charge in [-0.15, -0.1) is 0 Å². The predicted octanol–water partition coefficient (Wildman–Crippen LogP) is 4.67. The number of hydrogen-bond donors (Lipinski definition) is 1. The Balaban J connectivity index is 1.56. The van der Waals surface area contributed by atoms with Crippen molar-refractivity contribution < 1.29 is 19.1 Å². The third kappa shape index (κ3) is 5.79. The minimum Gasteiger partial charge on any atom is -0.454 e. The number of ether oxygens (including phenoxy) is 2. The Morgan fingerprint density at radius 3 is 2.42 bits per heavy atom. The summed E-state index contributed by atoms with van der Waals surface area (Å²) in [5, 5.41) is 3.48. The van der Waals surface area contributed by atoms with Gasteiger partial charge in [0.05, 0.1) is 5.75 Å². The molecule has 36 heavy (non-hydrogen) atoms. The molecule has 2 heterocycles. The van der Waals surface area contributed by atoms with Gasteiger partial charge in [-0.25, -0.2) is 9.97 Å². The van der Waals surface area contributed by atoms with Gasteiger partial charge in [0.15, 0.2) is 16.7 Å². The maximum absolute atomic E-state index is 13.6. The Morgan fingerprint density at radius 1 is 1.00 bits per heavy atom. The van der Waals surface area contributed by atoms with Crippen LogP contribution in [0.4, 0.5) is 5.69 Å². The Hall–Kier alpha value is -3.59. The number of benzene rings is 2. The van der Waals surface area contributed by atoms with Crippen LogP contribution in [0, 0.1) is 20.8 Å². The summed E-state index contributed by atoms with van der Waals surface area (Å²) >= 11 is 1.27. The van der Waals surface area contributed by atoms with Crippen LogP contribution in [0.25, 0.3) is 0 Å². The van der Waals surface area contributed by atoms with Gasteiger partial charge in [0.25, 0.3) is 0 Å². The third-order valence-corrected chi connectivity index (χ3v) is 6.87. The van der Waals surface area contributed by atoms with E-state index in [2.05, 4.69) is 15.3 Å². The van der Waals surface area contributed by atoms with Crippen LogP contribution in [0.15, 0.2) is 53.7 Å². The number of aromatic nitrogens is 2. The first-order chi connectivity index (χ1) is 17.1. The molecule has 2 amide bonds. The number of amides is 2. The number of nitrogens with zero attached hydrogens (tertiary/aromatic N) is 3. The Morgan fingerprint density at radius 2 is 1.69 bits per heavy atom. The number of carbonyl (C=O) groups is 2. The summed E-state index contributed by atoms with van der Waals surface area (Å²) in [4.78, 5) is 37.6. The van der Waals surface area contributed by atoms with Crippen LogP contribution in [-0.2, 0) is 16.1 Å². The molecule has 0 aliphatic carbocycles. The normalized spacial score (nSPS) is 12.4. The van der Waals surface area contributed by atoms with Crippen molar-refractivity contribution in [2.75, 3.05) is 17.9 Å². The van der Waals surface area contributed by atoms with E-state index in [1.807, 2.05) is 51.1 Å². The van der Waals surface area contributed by atoms with E-state index in [4.69, 9.17) is 9.47 Å². The van der Waals surface area contributed by atoms with Gasteiger partial charge in [-0.05, 0) is 63.9 Å². The highest BCUT2D eigenvalue weighted by Crippen LogP contribution is 2.34. The zero-order valence-electron chi connectivity index (χ0n) is 21.1. The van der Waals surface area contributed by atoms with Crippen LogP contribution in [0.5, 0.6) is 11.5 Å². The Bertz CT molecular complexity index is 1270. The minimum atomic E-state index is -1.15. The molecule has 0 saturated heterocycles. The van der Waals surface area contributed by atoms with Crippen LogP contribution >= 0.6 is 11.8 Å². The quantitative estimate of drug-likeness (QED) is 0.351. The van der Waals surface area contributed by atoms with E-state index in [0.29, 0.717) is 28.9 Å². The lowest BCUT2D eigenvalue weighted by atomic mass is 9.98. The molecule has 0 unspecified atom stereocenters. The molecule has 0 spiro atoms. The zero-order chi connectivity index (χ0) is 25.9. The molecular formula is C27H30N4O4S. The molecule has 0 fully saturated rings. The maximum atomic E-state index is 13.6. The second kappa shape index (κ2) is 10.6. The molecule has 9 heteroatoms. The fraction of sp³-hybridized carbons (Fsp3) is 0.333. The maximum Gasteiger partial charge on any atom is 0.249 e. The van der Waals surface area contributed by atoms with Crippen LogP contribution in [-0.4, -0.2) is 44.8 Å². The molecule has 0 saturated carbocycles. The Kier molecular flexibility index (Phi) is 7.49. The zero-order valence-corrected chi connectivity index (χ0v) is 21.9. The van der Waals surface area contributed by atoms with Gasteiger partial charge < -0.3 is 19.7 Å². The van der Waals surface area contributed by atoms with Crippen molar-refractivity contribution in [1.82, 2.24) is 14.9 Å². The summed E-state index contributed by atoms with van der Waals surface area (Å²) in [6.07, 6.45) is 0. The van der Waals surface area contributed by atoms with Crippen molar-refractivity contribution in [2.45, 2.75) is 51.9 Å². The average Bonchev–Trinajstić information content (AvgIpc) is 3.29. The SMILES string of the molecule is Cc1cc(C)nc(SCC(=O)N(Cc2ccccc2C)C(C)(C)C(=O)Nc2ccc3c(c2)OCO3)n1. The highest BCUT2D eigenvalue weighted by atomic mass is 32.2. The smallest absolute Gasteiger partial charge is 0.249 e. The molecular weight excluding hydrogens is 476 g/mol. The molecule has 1 aromatic heterocycles. The summed E-state index contributed by atoms with van der Waals surface area (Å²) in [6, 6.07) is 15.0. The van der Waals surface area contributed by atoms with E-state index in [1.54, 1.807) is 36.9 Å². The molecule has 0 radical (unpaired) electrons. The van der Waals surface area contributed by atoms with Gasteiger partial charge in [0, 0.05) is 29.7 Å². The summed E-state index contributed by atoms with van der Waals surface area (Å²) in [5.74, 6) is 0.820.